The molecule has 0 unspecified atom stereocenters. The van der Waals surface area contributed by atoms with Crippen molar-refractivity contribution in [1.29, 1.82) is 0 Å². The Bertz CT molecular complexity index is 2580. The molecule has 0 aliphatic heterocycles. The molecule has 0 saturated heterocycles. The second-order valence-electron chi connectivity index (χ2n) is 11.9. The quantitative estimate of drug-likeness (QED) is 0.0795. The fourth-order valence-electron chi connectivity index (χ4n) is 5.36. The van der Waals surface area contributed by atoms with E-state index in [1.54, 1.807) is 65.2 Å². The monoisotopic (exact) mass is 850 g/mol. The number of hydrogen-bond donors (Lipinski definition) is 4. The average molecular weight is 852 g/mol. The van der Waals surface area contributed by atoms with Gasteiger partial charge in [0.15, 0.2) is 0 Å². The molecule has 6 aromatic rings. The summed E-state index contributed by atoms with van der Waals surface area (Å²) in [5, 5.41) is 7.05. The Labute approximate surface area is 329 Å². The third kappa shape index (κ3) is 10.0. The molecule has 20 heteroatoms. The maximum absolute atomic E-state index is 13.5. The Hall–Kier alpha value is -4.56. The summed E-state index contributed by atoms with van der Waals surface area (Å²) in [6.07, 6.45) is 6.41. The van der Waals surface area contributed by atoms with Crippen molar-refractivity contribution in [3.05, 3.63) is 114 Å². The fourth-order valence-corrected chi connectivity index (χ4v) is 8.06. The lowest BCUT2D eigenvalue weighted by molar-refractivity contribution is -0.0328. The van der Waals surface area contributed by atoms with Gasteiger partial charge < -0.3 is 19.8 Å². The maximum Gasteiger partial charge on any atom is 0.446 e. The predicted molar refractivity (Wildman–Crippen MR) is 209 cm³/mol. The Kier molecular flexibility index (Phi) is 11.9. The van der Waals surface area contributed by atoms with Crippen LogP contribution in [0, 0.1) is 0 Å². The lowest BCUT2D eigenvalue weighted by atomic mass is 10.1. The second-order valence-corrected chi connectivity index (χ2v) is 17.5. The minimum atomic E-state index is -4.48. The van der Waals surface area contributed by atoms with Crippen molar-refractivity contribution in [2.24, 2.45) is 7.05 Å². The Morgan fingerprint density at radius 2 is 1.36 bits per heavy atom. The summed E-state index contributed by atoms with van der Waals surface area (Å²) in [6, 6.07) is 19.6. The minimum Gasteiger partial charge on any atom is -0.355 e. The predicted octanol–water partition coefficient (Wildman–Crippen LogP) is 8.24. The van der Waals surface area contributed by atoms with Crippen molar-refractivity contribution in [2.75, 3.05) is 24.2 Å². The number of hydrogen-bond acceptors (Lipinski definition) is 9. The lowest BCUT2D eigenvalue weighted by Gasteiger charge is -2.14. The molecule has 2 aromatic heterocycles. The van der Waals surface area contributed by atoms with Gasteiger partial charge in [0.2, 0.25) is 20.0 Å². The van der Waals surface area contributed by atoms with Gasteiger partial charge in [0, 0.05) is 71.3 Å². The topological polar surface area (TPSA) is 152 Å². The van der Waals surface area contributed by atoms with Crippen molar-refractivity contribution in [3.8, 4) is 22.5 Å². The van der Waals surface area contributed by atoms with Gasteiger partial charge in [0.25, 0.3) is 0 Å². The van der Waals surface area contributed by atoms with Crippen LogP contribution >= 0.6 is 35.0 Å². The van der Waals surface area contributed by atoms with Crippen LogP contribution in [0.2, 0.25) is 10.0 Å². The molecule has 6 rings (SSSR count). The van der Waals surface area contributed by atoms with Crippen molar-refractivity contribution in [1.82, 2.24) is 28.5 Å². The molecule has 12 nitrogen and oxygen atoms in total. The van der Waals surface area contributed by atoms with Gasteiger partial charge in [-0.2, -0.15) is 13.2 Å². The Morgan fingerprint density at radius 3 is 1.96 bits per heavy atom. The van der Waals surface area contributed by atoms with Crippen molar-refractivity contribution in [2.45, 2.75) is 26.7 Å². The summed E-state index contributed by atoms with van der Waals surface area (Å²) in [5.41, 5.74) is -0.859. The Balaban J connectivity index is 1.21. The van der Waals surface area contributed by atoms with Crippen LogP contribution in [0.4, 0.5) is 35.9 Å². The Morgan fingerprint density at radius 1 is 0.745 bits per heavy atom. The van der Waals surface area contributed by atoms with E-state index in [-0.39, 0.29) is 39.5 Å². The zero-order chi connectivity index (χ0) is 39.5. The van der Waals surface area contributed by atoms with E-state index in [2.05, 4.69) is 30.0 Å². The summed E-state index contributed by atoms with van der Waals surface area (Å²) in [7, 11) is -4.83. The SMILES string of the molecule is CNS(=O)(=O)c1ccc(Nc2cccc(SC(F)(F)F)c2)c(-c2cn(CCNS(=O)(=O)c3ccc(Nc4ccc(Cl)c(Cl)c4)c(-c4cn(C)cn4)c3)cn2)c1. The van der Waals surface area contributed by atoms with E-state index in [0.717, 1.165) is 0 Å². The van der Waals surface area contributed by atoms with Crippen LogP contribution < -0.4 is 20.1 Å². The van der Waals surface area contributed by atoms with Crippen LogP contribution in [0.25, 0.3) is 22.5 Å². The normalized spacial score (nSPS) is 12.2. The van der Waals surface area contributed by atoms with Crippen molar-refractivity contribution < 1.29 is 30.0 Å². The zero-order valence-electron chi connectivity index (χ0n) is 28.8. The first kappa shape index (κ1) is 40.1. The number of thioether (sulfide) groups is 1. The van der Waals surface area contributed by atoms with E-state index in [1.807, 2.05) is 0 Å². The molecule has 55 heavy (non-hydrogen) atoms. The number of sulfonamides is 2. The summed E-state index contributed by atoms with van der Waals surface area (Å²) in [6.45, 7) is 0.105. The van der Waals surface area contributed by atoms with Crippen LogP contribution in [0.15, 0.2) is 119 Å². The maximum atomic E-state index is 13.5. The largest absolute Gasteiger partial charge is 0.446 e. The molecular weight excluding hydrogens is 821 g/mol. The number of nitrogens with one attached hydrogen (secondary N) is 4. The van der Waals surface area contributed by atoms with Gasteiger partial charge in [-0.3, -0.25) is 0 Å². The molecule has 0 aliphatic rings. The zero-order valence-corrected chi connectivity index (χ0v) is 32.7. The first-order valence-electron chi connectivity index (χ1n) is 16.1. The highest BCUT2D eigenvalue weighted by Gasteiger charge is 2.29. The first-order valence-corrected chi connectivity index (χ1v) is 20.6. The van der Waals surface area contributed by atoms with E-state index < -0.39 is 25.6 Å². The van der Waals surface area contributed by atoms with E-state index in [1.165, 1.54) is 61.9 Å². The number of imidazole rings is 2. The number of rotatable bonds is 14. The van der Waals surface area contributed by atoms with Gasteiger partial charge in [-0.05, 0) is 91.6 Å². The molecule has 0 spiro atoms. The molecule has 0 bridgehead atoms. The van der Waals surface area contributed by atoms with Gasteiger partial charge in [-0.25, -0.2) is 36.2 Å². The van der Waals surface area contributed by atoms with Gasteiger partial charge in [-0.1, -0.05) is 29.3 Å². The van der Waals surface area contributed by atoms with Crippen LogP contribution in [-0.2, 0) is 33.6 Å². The van der Waals surface area contributed by atoms with Gasteiger partial charge >= 0.3 is 5.51 Å². The van der Waals surface area contributed by atoms with E-state index in [0.29, 0.717) is 55.3 Å². The molecule has 0 radical (unpaired) electrons. The standard InChI is InChI=1S/C35H31Cl2F3N8O4S3/c1-41-54(49,50)25-7-10-32(45-22-4-3-5-24(14-22)53-35(38,39)40)28(16-25)34-19-48(21-43-34)13-12-44-55(51,52)26-8-11-31(27(17-26)33-18-47(2)20-42-33)46-23-6-9-29(36)30(37)15-23/h3-11,14-21,41,44-46H,12-13H2,1-2H3. The van der Waals surface area contributed by atoms with Gasteiger partial charge in [-0.15, -0.1) is 0 Å². The molecule has 0 fully saturated rings. The average Bonchev–Trinajstić information content (AvgIpc) is 3.78. The second kappa shape index (κ2) is 16.3. The molecular formula is C35H31Cl2F3N8O4S3. The van der Waals surface area contributed by atoms with Crippen LogP contribution in [-0.4, -0.2) is 55.0 Å². The summed E-state index contributed by atoms with van der Waals surface area (Å²) >= 11 is 12.0. The molecule has 4 aromatic carbocycles. The molecule has 0 saturated carbocycles. The molecule has 2 heterocycles. The van der Waals surface area contributed by atoms with Crippen molar-refractivity contribution in [3.63, 3.8) is 0 Å². The third-order valence-corrected chi connectivity index (χ3v) is 12.3. The highest BCUT2D eigenvalue weighted by atomic mass is 35.5. The highest BCUT2D eigenvalue weighted by molar-refractivity contribution is 8.00. The number of halogens is 5. The van der Waals surface area contributed by atoms with Crippen molar-refractivity contribution >= 4 is 77.8 Å². The molecule has 0 aliphatic carbocycles. The van der Waals surface area contributed by atoms with Crippen LogP contribution in [0.5, 0.6) is 0 Å². The fraction of sp³-hybridized carbons (Fsp3) is 0.143. The van der Waals surface area contributed by atoms with Gasteiger partial charge in [0.05, 0.1) is 43.9 Å². The van der Waals surface area contributed by atoms with Crippen LogP contribution in [0.3, 0.4) is 0 Å². The summed E-state index contributed by atoms with van der Waals surface area (Å²) in [4.78, 5) is 8.72. The van der Waals surface area contributed by atoms with E-state index in [9.17, 15) is 30.0 Å². The molecule has 0 atom stereocenters. The number of anilines is 4. The minimum absolute atomic E-state index is 0.00450. The smallest absolute Gasteiger partial charge is 0.355 e. The third-order valence-electron chi connectivity index (χ3n) is 7.97. The van der Waals surface area contributed by atoms with E-state index in [4.69, 9.17) is 23.2 Å². The summed E-state index contributed by atoms with van der Waals surface area (Å²) < 4.78 is 99.7. The number of aromatic nitrogens is 4. The number of alkyl halides is 3. The van der Waals surface area contributed by atoms with E-state index >= 15 is 0 Å². The van der Waals surface area contributed by atoms with Crippen LogP contribution in [0.1, 0.15) is 0 Å². The first-order chi connectivity index (χ1) is 26.0. The highest BCUT2D eigenvalue weighted by Crippen LogP contribution is 2.39. The lowest BCUT2D eigenvalue weighted by Crippen LogP contribution is -2.27. The molecule has 4 N–H and O–H groups in total. The molecule has 0 amide bonds. The number of aryl methyl sites for hydroxylation is 1. The summed E-state index contributed by atoms with van der Waals surface area (Å²) in [5.74, 6) is 0. The number of nitrogens with zero attached hydrogens (tertiary/aromatic N) is 4. The molecule has 288 valence electrons. The van der Waals surface area contributed by atoms with Gasteiger partial charge in [0.1, 0.15) is 0 Å². The number of benzene rings is 4.